The topological polar surface area (TPSA) is 61.4 Å². The smallest absolute Gasteiger partial charge is 0.160 e. The molecule has 0 bridgehead atoms. The SMILES string of the molecule is c1cc(-c2ccc(-c3nc(-c4cccc5ccccc45)cc(-c4cccc5ccccc45)n3)cc2)cc(-c2ccc(-n3c4ccccc4c4ccccc43)cc2)c1.c1ccc(-c2nc(-c3ccc(-c4ccc(-n5c6ccccc6c6ccccc65)cc4)cc3)cc(-c3cc4ccccc4c4ccccc34)n2)cc1. The number of fused-ring (bicyclic) bond motifs is 11. The lowest BCUT2D eigenvalue weighted by molar-refractivity contribution is 1.18. The predicted octanol–water partition coefficient (Wildman–Crippen LogP) is 26.8. The number of nitrogens with zero attached hydrogens (tertiary/aromatic N) is 6. The maximum atomic E-state index is 5.23. The minimum absolute atomic E-state index is 0.701. The van der Waals surface area contributed by atoms with E-state index in [1.807, 2.05) is 18.2 Å². The molecule has 6 nitrogen and oxygen atoms in total. The molecule has 6 heteroatoms. The Kier molecular flexibility index (Phi) is 15.8. The van der Waals surface area contributed by atoms with E-state index in [4.69, 9.17) is 19.9 Å². The van der Waals surface area contributed by atoms with Gasteiger partial charge in [-0.1, -0.05) is 328 Å². The molecule has 0 amide bonds. The van der Waals surface area contributed by atoms with Crippen LogP contribution in [0.15, 0.2) is 400 Å². The first-order valence-corrected chi connectivity index (χ1v) is 36.7. The zero-order valence-electron chi connectivity index (χ0n) is 58.8. The van der Waals surface area contributed by atoms with Crippen molar-refractivity contribution in [1.82, 2.24) is 29.1 Å². The highest BCUT2D eigenvalue weighted by Gasteiger charge is 2.20. The lowest BCUT2D eigenvalue weighted by Crippen LogP contribution is -1.97. The Morgan fingerprint density at radius 1 is 0.157 bits per heavy atom. The highest BCUT2D eigenvalue weighted by atomic mass is 15.0. The van der Waals surface area contributed by atoms with Crippen LogP contribution in [0.25, 0.3) is 199 Å². The van der Waals surface area contributed by atoms with Crippen molar-refractivity contribution in [1.29, 1.82) is 0 Å². The third kappa shape index (κ3) is 11.5. The van der Waals surface area contributed by atoms with Crippen LogP contribution < -0.4 is 0 Å². The summed E-state index contributed by atoms with van der Waals surface area (Å²) in [6, 6.07) is 142. The maximum Gasteiger partial charge on any atom is 0.160 e. The summed E-state index contributed by atoms with van der Waals surface area (Å²) in [4.78, 5) is 20.8. The molecule has 4 aromatic heterocycles. The van der Waals surface area contributed by atoms with Crippen molar-refractivity contribution in [2.24, 2.45) is 0 Å². The van der Waals surface area contributed by atoms with Crippen LogP contribution in [0, 0.1) is 0 Å². The van der Waals surface area contributed by atoms with Crippen molar-refractivity contribution >= 4 is 86.7 Å². The molecular weight excluding hydrogens is 1310 g/mol. The van der Waals surface area contributed by atoms with Gasteiger partial charge in [-0.25, -0.2) is 19.9 Å². The van der Waals surface area contributed by atoms with Gasteiger partial charge < -0.3 is 9.13 Å². The highest BCUT2D eigenvalue weighted by Crippen LogP contribution is 2.41. The van der Waals surface area contributed by atoms with Crippen molar-refractivity contribution in [3.63, 3.8) is 0 Å². The molecule has 0 N–H and O–H groups in total. The van der Waals surface area contributed by atoms with Gasteiger partial charge in [0.15, 0.2) is 11.6 Å². The largest absolute Gasteiger partial charge is 0.309 e. The Hall–Kier alpha value is -14.5. The molecule has 4 heterocycles. The first kappa shape index (κ1) is 63.2. The molecule has 0 saturated heterocycles. The van der Waals surface area contributed by atoms with Gasteiger partial charge in [0.2, 0.25) is 0 Å². The molecule has 0 radical (unpaired) electrons. The zero-order valence-corrected chi connectivity index (χ0v) is 58.8. The van der Waals surface area contributed by atoms with Crippen LogP contribution in [0.5, 0.6) is 0 Å². The van der Waals surface area contributed by atoms with E-state index < -0.39 is 0 Å². The van der Waals surface area contributed by atoms with Gasteiger partial charge >= 0.3 is 0 Å². The summed E-state index contributed by atoms with van der Waals surface area (Å²) in [7, 11) is 0. The molecule has 0 aliphatic carbocycles. The van der Waals surface area contributed by atoms with Gasteiger partial charge in [0.05, 0.1) is 44.8 Å². The van der Waals surface area contributed by atoms with Crippen LogP contribution in [-0.4, -0.2) is 29.1 Å². The Labute approximate surface area is 624 Å². The van der Waals surface area contributed by atoms with Crippen LogP contribution >= 0.6 is 0 Å². The van der Waals surface area contributed by atoms with E-state index in [2.05, 4.69) is 391 Å². The Morgan fingerprint density at radius 3 is 0.944 bits per heavy atom. The van der Waals surface area contributed by atoms with Crippen LogP contribution in [0.4, 0.5) is 0 Å². The molecule has 0 aliphatic heterocycles. The van der Waals surface area contributed by atoms with Crippen molar-refractivity contribution in [3.8, 4) is 113 Å². The molecule has 504 valence electrons. The first-order chi connectivity index (χ1) is 53.5. The normalized spacial score (nSPS) is 11.5. The number of hydrogen-bond donors (Lipinski definition) is 0. The fraction of sp³-hybridized carbons (Fsp3) is 0. The number of aromatic nitrogens is 6. The Bertz CT molecular complexity index is 6800. The van der Waals surface area contributed by atoms with Gasteiger partial charge in [-0.3, -0.25) is 0 Å². The molecule has 108 heavy (non-hydrogen) atoms. The van der Waals surface area contributed by atoms with E-state index in [9.17, 15) is 0 Å². The first-order valence-electron chi connectivity index (χ1n) is 36.7. The summed E-state index contributed by atoms with van der Waals surface area (Å²) in [6.45, 7) is 0. The molecule has 0 spiro atoms. The van der Waals surface area contributed by atoms with Crippen molar-refractivity contribution in [2.75, 3.05) is 0 Å². The molecule has 0 unspecified atom stereocenters. The molecule has 0 fully saturated rings. The number of benzene rings is 17. The summed E-state index contributed by atoms with van der Waals surface area (Å²) in [5.41, 5.74) is 24.0. The van der Waals surface area contributed by atoms with E-state index in [0.29, 0.717) is 11.6 Å². The van der Waals surface area contributed by atoms with Gasteiger partial charge in [0, 0.05) is 66.3 Å². The second kappa shape index (κ2) is 27.0. The van der Waals surface area contributed by atoms with Gasteiger partial charge in [-0.15, -0.1) is 0 Å². The van der Waals surface area contributed by atoms with Gasteiger partial charge in [0.1, 0.15) is 0 Å². The zero-order chi connectivity index (χ0) is 71.4. The van der Waals surface area contributed by atoms with E-state index >= 15 is 0 Å². The van der Waals surface area contributed by atoms with Gasteiger partial charge in [-0.05, 0) is 149 Å². The standard InChI is InChI=1S/C54H35N3.C48H31N3/c1-3-18-44-38(12-1)14-10-22-46(44)50-35-51(47-23-11-15-39-13-2-4-19-45(39)47)56-54(55-50)40-28-26-36(27-29-40)41-16-9-17-42(34-41)37-30-32-43(33-31-37)57-52-24-7-5-20-48(52)49-21-6-8-25-53(49)57;1-2-12-35(13-3-1)48-49-44(31-45(50-48)43-30-36-14-4-5-15-38(36)39-16-6-7-17-40(39)43)34-24-22-32(23-25-34)33-26-28-37(29-27-33)51-46-20-10-8-18-41(46)42-19-9-11-21-47(42)51/h1-35H;1-31H. The maximum absolute atomic E-state index is 5.23. The Morgan fingerprint density at radius 2 is 0.463 bits per heavy atom. The van der Waals surface area contributed by atoms with E-state index in [0.717, 1.165) is 84.2 Å². The molecule has 0 saturated carbocycles. The molecule has 21 rings (SSSR count). The van der Waals surface area contributed by atoms with E-state index in [1.54, 1.807) is 0 Å². The van der Waals surface area contributed by atoms with Crippen molar-refractivity contribution in [3.05, 3.63) is 400 Å². The van der Waals surface area contributed by atoms with Crippen LogP contribution in [0.2, 0.25) is 0 Å². The van der Waals surface area contributed by atoms with E-state index in [1.165, 1.54) is 103 Å². The second-order valence-corrected chi connectivity index (χ2v) is 27.6. The summed E-state index contributed by atoms with van der Waals surface area (Å²) >= 11 is 0. The monoisotopic (exact) mass is 1370 g/mol. The summed E-state index contributed by atoms with van der Waals surface area (Å²) in [5.74, 6) is 1.41. The van der Waals surface area contributed by atoms with Crippen LogP contribution in [0.3, 0.4) is 0 Å². The molecular formula is C102H66N6. The lowest BCUT2D eigenvalue weighted by atomic mass is 9.95. The number of rotatable bonds is 11. The minimum atomic E-state index is 0.701. The molecule has 21 aromatic rings. The van der Waals surface area contributed by atoms with Gasteiger partial charge in [-0.2, -0.15) is 0 Å². The molecule has 17 aromatic carbocycles. The lowest BCUT2D eigenvalue weighted by Gasteiger charge is -2.13. The third-order valence-corrected chi connectivity index (χ3v) is 21.3. The average molecular weight is 1380 g/mol. The van der Waals surface area contributed by atoms with E-state index in [-0.39, 0.29) is 0 Å². The average Bonchev–Trinajstić information content (AvgIpc) is 1.42. The second-order valence-electron chi connectivity index (χ2n) is 27.6. The quantitative estimate of drug-likeness (QED) is 0.121. The third-order valence-electron chi connectivity index (χ3n) is 21.3. The molecule has 0 atom stereocenters. The minimum Gasteiger partial charge on any atom is -0.309 e. The van der Waals surface area contributed by atoms with Crippen molar-refractivity contribution in [2.45, 2.75) is 0 Å². The fourth-order valence-electron chi connectivity index (χ4n) is 16.0. The Balaban J connectivity index is 0.000000143. The van der Waals surface area contributed by atoms with Crippen LogP contribution in [-0.2, 0) is 0 Å². The highest BCUT2D eigenvalue weighted by molar-refractivity contribution is 6.14. The predicted molar refractivity (Wildman–Crippen MR) is 452 cm³/mol. The summed E-state index contributed by atoms with van der Waals surface area (Å²) < 4.78 is 4.71. The summed E-state index contributed by atoms with van der Waals surface area (Å²) in [5, 5.41) is 14.6. The molecule has 0 aliphatic rings. The van der Waals surface area contributed by atoms with Crippen molar-refractivity contribution < 1.29 is 0 Å². The fourth-order valence-corrected chi connectivity index (χ4v) is 16.0. The summed E-state index contributed by atoms with van der Waals surface area (Å²) in [6.07, 6.45) is 0. The van der Waals surface area contributed by atoms with Crippen LogP contribution in [0.1, 0.15) is 0 Å². The number of para-hydroxylation sites is 4. The van der Waals surface area contributed by atoms with Gasteiger partial charge in [0.25, 0.3) is 0 Å². The number of hydrogen-bond acceptors (Lipinski definition) is 4.